The van der Waals surface area contributed by atoms with Crippen molar-refractivity contribution in [2.75, 3.05) is 31.9 Å². The number of rotatable bonds is 14. The minimum atomic E-state index is -3.91. The maximum Gasteiger partial charge on any atom is 0.265 e. The van der Waals surface area contributed by atoms with E-state index in [-0.39, 0.29) is 5.75 Å². The van der Waals surface area contributed by atoms with Gasteiger partial charge in [0.1, 0.15) is 0 Å². The lowest BCUT2D eigenvalue weighted by Gasteiger charge is -2.39. The van der Waals surface area contributed by atoms with E-state index in [1.54, 1.807) is 6.08 Å². The predicted octanol–water partition coefficient (Wildman–Crippen LogP) is 2.11. The monoisotopic (exact) mass is 349 g/mol. The Labute approximate surface area is 141 Å². The Morgan fingerprint density at radius 3 is 2.00 bits per heavy atom. The Bertz CT molecular complexity index is 453. The van der Waals surface area contributed by atoms with Crippen LogP contribution >= 0.6 is 0 Å². The summed E-state index contributed by atoms with van der Waals surface area (Å²) in [7, 11) is -3.91. The highest BCUT2D eigenvalue weighted by molar-refractivity contribution is 7.85. The molecule has 0 saturated heterocycles. The first kappa shape index (κ1) is 22.1. The molecule has 0 radical (unpaired) electrons. The highest BCUT2D eigenvalue weighted by atomic mass is 32.2. The molecule has 7 heteroatoms. The van der Waals surface area contributed by atoms with E-state index in [9.17, 15) is 13.2 Å². The molecule has 1 amide bonds. The molecule has 136 valence electrons. The molecular formula is C16H33N2O4S+. The van der Waals surface area contributed by atoms with Crippen LogP contribution in [0, 0.1) is 0 Å². The molecule has 0 heterocycles. The van der Waals surface area contributed by atoms with Gasteiger partial charge in [0.2, 0.25) is 5.91 Å². The number of hydrogen-bond acceptors (Lipinski definition) is 3. The summed E-state index contributed by atoms with van der Waals surface area (Å²) in [5.74, 6) is -0.640. The van der Waals surface area contributed by atoms with Crippen molar-refractivity contribution in [2.45, 2.75) is 52.4 Å². The minimum Gasteiger partial charge on any atom is -0.366 e. The van der Waals surface area contributed by atoms with Crippen molar-refractivity contribution in [1.82, 2.24) is 0 Å². The quantitative estimate of drug-likeness (QED) is 0.285. The second-order valence-corrected chi connectivity index (χ2v) is 7.75. The fourth-order valence-corrected chi connectivity index (χ4v) is 3.28. The maximum atomic E-state index is 11.0. The normalized spacial score (nSPS) is 12.8. The van der Waals surface area contributed by atoms with Crippen LogP contribution in [0.5, 0.6) is 0 Å². The Morgan fingerprint density at radius 2 is 1.57 bits per heavy atom. The van der Waals surface area contributed by atoms with Crippen LogP contribution in [0.25, 0.3) is 0 Å². The first-order valence-corrected chi connectivity index (χ1v) is 10.1. The van der Waals surface area contributed by atoms with Crippen molar-refractivity contribution in [3.05, 3.63) is 12.2 Å². The van der Waals surface area contributed by atoms with Gasteiger partial charge in [-0.1, -0.05) is 32.8 Å². The lowest BCUT2D eigenvalue weighted by molar-refractivity contribution is -0.928. The summed E-state index contributed by atoms with van der Waals surface area (Å²) in [6.07, 6.45) is 8.68. The third-order valence-corrected chi connectivity index (χ3v) is 4.86. The average molecular weight is 350 g/mol. The number of nitrogens with zero attached hydrogens (tertiary/aromatic N) is 1. The molecule has 0 atom stereocenters. The van der Waals surface area contributed by atoms with E-state index in [4.69, 9.17) is 10.3 Å². The van der Waals surface area contributed by atoms with Crippen LogP contribution in [0.4, 0.5) is 0 Å². The van der Waals surface area contributed by atoms with Crippen molar-refractivity contribution < 1.29 is 22.2 Å². The number of nitrogens with two attached hydrogens (primary N) is 1. The Kier molecular flexibility index (Phi) is 11.1. The Balaban J connectivity index is 4.87. The SMILES string of the molecule is CCCC[N+](CCC=CC(N)=O)(CCCC)CCCS(=O)(=O)O. The number of quaternary nitrogens is 1. The van der Waals surface area contributed by atoms with Crippen LogP contribution in [0.3, 0.4) is 0 Å². The standard InChI is InChI=1S/C16H32N2O4S/c1-3-5-11-18(12-6-4-2,13-8-7-10-16(17)19)14-9-15-23(20,21)22/h7,10H,3-6,8-9,11-15H2,1-2H3,(H2-,17,19,20,21,22)/p+1. The van der Waals surface area contributed by atoms with Crippen LogP contribution in [0.1, 0.15) is 52.4 Å². The molecule has 0 aromatic rings. The van der Waals surface area contributed by atoms with Crippen LogP contribution in [0.15, 0.2) is 12.2 Å². The molecule has 0 aromatic heterocycles. The Morgan fingerprint density at radius 1 is 1.04 bits per heavy atom. The van der Waals surface area contributed by atoms with Crippen LogP contribution in [-0.4, -0.2) is 55.3 Å². The zero-order valence-corrected chi connectivity index (χ0v) is 15.4. The van der Waals surface area contributed by atoms with E-state index >= 15 is 0 Å². The minimum absolute atomic E-state index is 0.192. The largest absolute Gasteiger partial charge is 0.366 e. The first-order chi connectivity index (χ1) is 10.7. The summed E-state index contributed by atoms with van der Waals surface area (Å²) in [4.78, 5) is 10.8. The summed E-state index contributed by atoms with van der Waals surface area (Å²) in [5.41, 5.74) is 5.11. The van der Waals surface area contributed by atoms with Crippen molar-refractivity contribution in [2.24, 2.45) is 5.73 Å². The lowest BCUT2D eigenvalue weighted by Crippen LogP contribution is -2.51. The van der Waals surface area contributed by atoms with Gasteiger partial charge in [-0.25, -0.2) is 0 Å². The molecule has 0 aromatic carbocycles. The number of carbonyl (C=O) groups is 1. The molecule has 0 spiro atoms. The summed E-state index contributed by atoms with van der Waals surface area (Å²) >= 11 is 0. The zero-order chi connectivity index (χ0) is 17.8. The molecular weight excluding hydrogens is 316 g/mol. The van der Waals surface area contributed by atoms with Crippen LogP contribution < -0.4 is 5.73 Å². The van der Waals surface area contributed by atoms with Gasteiger partial charge in [-0.05, 0) is 18.9 Å². The molecule has 6 nitrogen and oxygen atoms in total. The van der Waals surface area contributed by atoms with E-state index in [1.807, 2.05) is 0 Å². The number of amides is 1. The summed E-state index contributed by atoms with van der Waals surface area (Å²) < 4.78 is 31.7. The smallest absolute Gasteiger partial charge is 0.265 e. The van der Waals surface area contributed by atoms with Gasteiger partial charge in [0.25, 0.3) is 10.1 Å². The number of carbonyl (C=O) groups excluding carboxylic acids is 1. The van der Waals surface area contributed by atoms with Gasteiger partial charge in [-0.2, -0.15) is 8.42 Å². The second-order valence-electron chi connectivity index (χ2n) is 6.18. The zero-order valence-electron chi connectivity index (χ0n) is 14.5. The number of unbranched alkanes of at least 4 members (excludes halogenated alkanes) is 2. The molecule has 0 aliphatic rings. The summed E-state index contributed by atoms with van der Waals surface area (Å²) in [6.45, 7) is 7.84. The second kappa shape index (κ2) is 11.6. The van der Waals surface area contributed by atoms with Crippen molar-refractivity contribution >= 4 is 16.0 Å². The van der Waals surface area contributed by atoms with Gasteiger partial charge in [-0.15, -0.1) is 0 Å². The van der Waals surface area contributed by atoms with E-state index < -0.39 is 16.0 Å². The highest BCUT2D eigenvalue weighted by Crippen LogP contribution is 2.16. The van der Waals surface area contributed by atoms with Gasteiger partial charge in [-0.3, -0.25) is 9.35 Å². The lowest BCUT2D eigenvalue weighted by atomic mass is 10.1. The third-order valence-electron chi connectivity index (χ3n) is 4.06. The third kappa shape index (κ3) is 12.2. The van der Waals surface area contributed by atoms with Crippen molar-refractivity contribution in [3.63, 3.8) is 0 Å². The molecule has 0 rings (SSSR count). The molecule has 0 saturated carbocycles. The summed E-state index contributed by atoms with van der Waals surface area (Å²) in [6, 6.07) is 0. The van der Waals surface area contributed by atoms with E-state index in [0.717, 1.165) is 62.8 Å². The van der Waals surface area contributed by atoms with Gasteiger partial charge in [0, 0.05) is 12.8 Å². The predicted molar refractivity (Wildman–Crippen MR) is 93.5 cm³/mol. The maximum absolute atomic E-state index is 11.0. The van der Waals surface area contributed by atoms with E-state index in [0.29, 0.717) is 6.42 Å². The number of primary amides is 1. The van der Waals surface area contributed by atoms with Crippen LogP contribution in [0.2, 0.25) is 0 Å². The summed E-state index contributed by atoms with van der Waals surface area (Å²) in [5, 5.41) is 0. The molecule has 0 bridgehead atoms. The van der Waals surface area contributed by atoms with Gasteiger partial charge in [0.05, 0.1) is 31.9 Å². The molecule has 0 aliphatic heterocycles. The highest BCUT2D eigenvalue weighted by Gasteiger charge is 2.26. The molecule has 3 N–H and O–H groups in total. The van der Waals surface area contributed by atoms with Gasteiger partial charge in [0.15, 0.2) is 0 Å². The van der Waals surface area contributed by atoms with Crippen LogP contribution in [-0.2, 0) is 14.9 Å². The first-order valence-electron chi connectivity index (χ1n) is 8.51. The van der Waals surface area contributed by atoms with Gasteiger partial charge < -0.3 is 10.2 Å². The molecule has 0 aliphatic carbocycles. The topological polar surface area (TPSA) is 97.5 Å². The fourth-order valence-electron chi connectivity index (χ4n) is 2.79. The Hall–Kier alpha value is -0.920. The van der Waals surface area contributed by atoms with E-state index in [2.05, 4.69) is 13.8 Å². The number of hydrogen-bond donors (Lipinski definition) is 2. The molecule has 0 fully saturated rings. The molecule has 0 unspecified atom stereocenters. The molecule has 23 heavy (non-hydrogen) atoms. The fraction of sp³-hybridized carbons (Fsp3) is 0.812. The van der Waals surface area contributed by atoms with Gasteiger partial charge >= 0.3 is 0 Å². The van der Waals surface area contributed by atoms with E-state index in [1.165, 1.54) is 6.08 Å². The average Bonchev–Trinajstić information content (AvgIpc) is 2.45. The van der Waals surface area contributed by atoms with Crippen molar-refractivity contribution in [1.29, 1.82) is 0 Å². The van der Waals surface area contributed by atoms with Crippen molar-refractivity contribution in [3.8, 4) is 0 Å².